The van der Waals surface area contributed by atoms with Crippen molar-refractivity contribution in [3.05, 3.63) is 0 Å². The summed E-state index contributed by atoms with van der Waals surface area (Å²) in [5.74, 6) is 0.546. The van der Waals surface area contributed by atoms with Crippen molar-refractivity contribution in [2.24, 2.45) is 11.8 Å². The van der Waals surface area contributed by atoms with Gasteiger partial charge in [0.1, 0.15) is 0 Å². The van der Waals surface area contributed by atoms with Gasteiger partial charge in [0.05, 0.1) is 0 Å². The second-order valence-electron chi connectivity index (χ2n) is 2.54. The lowest BCUT2D eigenvalue weighted by molar-refractivity contribution is 0.152. The third kappa shape index (κ3) is 2.09. The first kappa shape index (κ1) is 10.2. The summed E-state index contributed by atoms with van der Waals surface area (Å²) in [5.41, 5.74) is 0. The predicted molar refractivity (Wildman–Crippen MR) is 41.3 cm³/mol. The summed E-state index contributed by atoms with van der Waals surface area (Å²) in [5, 5.41) is 20.5. The van der Waals surface area contributed by atoms with E-state index in [1.54, 1.807) is 0 Å². The average Bonchev–Trinajstić information content (AvgIpc) is 2.33. The molecule has 0 amide bonds. The molecule has 0 spiro atoms. The fraction of sp³-hybridized carbons (Fsp3) is 1.00. The van der Waals surface area contributed by atoms with Crippen LogP contribution in [0, 0.1) is 11.8 Å². The third-order valence-corrected chi connectivity index (χ3v) is 1.95. The molecule has 3 N–H and O–H groups in total. The zero-order valence-corrected chi connectivity index (χ0v) is 6.60. The van der Waals surface area contributed by atoms with Crippen molar-refractivity contribution in [3.8, 4) is 0 Å². The van der Waals surface area contributed by atoms with Crippen LogP contribution in [0.2, 0.25) is 0 Å². The average molecular weight is 168 g/mol. The molecule has 1 aliphatic rings. The highest BCUT2D eigenvalue weighted by molar-refractivity contribution is 5.85. The standard InChI is InChI=1S/C6H13NO2.ClH/c8-3-5-1-7-2-6(5)4-9;/h5-9H,1-4H2;1H/t5-,6-;/m1./s1. The second kappa shape index (κ2) is 4.91. The molecule has 10 heavy (non-hydrogen) atoms. The van der Waals surface area contributed by atoms with Crippen LogP contribution in [0.3, 0.4) is 0 Å². The second-order valence-corrected chi connectivity index (χ2v) is 2.54. The van der Waals surface area contributed by atoms with E-state index in [9.17, 15) is 0 Å². The first-order valence-electron chi connectivity index (χ1n) is 3.31. The Morgan fingerprint density at radius 1 is 1.10 bits per heavy atom. The van der Waals surface area contributed by atoms with Gasteiger partial charge in [-0.25, -0.2) is 0 Å². The summed E-state index contributed by atoms with van der Waals surface area (Å²) in [6.07, 6.45) is 0. The minimum absolute atomic E-state index is 0. The Kier molecular flexibility index (Phi) is 4.99. The molecule has 1 rings (SSSR count). The highest BCUT2D eigenvalue weighted by Gasteiger charge is 2.24. The minimum atomic E-state index is 0. The van der Waals surface area contributed by atoms with Gasteiger partial charge in [-0.15, -0.1) is 12.4 Å². The van der Waals surface area contributed by atoms with E-state index in [0.29, 0.717) is 0 Å². The van der Waals surface area contributed by atoms with Crippen LogP contribution in [0.15, 0.2) is 0 Å². The van der Waals surface area contributed by atoms with E-state index in [1.165, 1.54) is 0 Å². The van der Waals surface area contributed by atoms with Gasteiger partial charge in [0.15, 0.2) is 0 Å². The van der Waals surface area contributed by atoms with Gasteiger partial charge in [-0.2, -0.15) is 0 Å². The monoisotopic (exact) mass is 167 g/mol. The maximum absolute atomic E-state index is 8.72. The molecule has 0 aromatic carbocycles. The van der Waals surface area contributed by atoms with Gasteiger partial charge in [0.25, 0.3) is 0 Å². The van der Waals surface area contributed by atoms with Crippen molar-refractivity contribution in [1.82, 2.24) is 5.32 Å². The molecule has 0 aromatic heterocycles. The van der Waals surface area contributed by atoms with E-state index in [4.69, 9.17) is 10.2 Å². The van der Waals surface area contributed by atoms with E-state index in [1.807, 2.05) is 0 Å². The SMILES string of the molecule is Cl.OC[C@H]1CNC[C@@H]1CO. The van der Waals surface area contributed by atoms with E-state index in [0.717, 1.165) is 13.1 Å². The molecule has 0 unspecified atom stereocenters. The first-order chi connectivity index (χ1) is 4.38. The van der Waals surface area contributed by atoms with E-state index >= 15 is 0 Å². The fourth-order valence-electron chi connectivity index (χ4n) is 1.21. The number of nitrogens with one attached hydrogen (secondary N) is 1. The van der Waals surface area contributed by atoms with Crippen molar-refractivity contribution < 1.29 is 10.2 Å². The zero-order valence-electron chi connectivity index (χ0n) is 5.79. The van der Waals surface area contributed by atoms with Crippen LogP contribution in [0.25, 0.3) is 0 Å². The molecule has 0 aliphatic carbocycles. The summed E-state index contributed by atoms with van der Waals surface area (Å²) in [6, 6.07) is 0. The largest absolute Gasteiger partial charge is 0.396 e. The summed E-state index contributed by atoms with van der Waals surface area (Å²) < 4.78 is 0. The number of halogens is 1. The highest BCUT2D eigenvalue weighted by Crippen LogP contribution is 2.14. The van der Waals surface area contributed by atoms with Crippen LogP contribution in [0.5, 0.6) is 0 Å². The molecular weight excluding hydrogens is 154 g/mol. The Morgan fingerprint density at radius 2 is 1.50 bits per heavy atom. The van der Waals surface area contributed by atoms with Crippen LogP contribution in [0.1, 0.15) is 0 Å². The lowest BCUT2D eigenvalue weighted by Gasteiger charge is -2.11. The Balaban J connectivity index is 0.000000810. The highest BCUT2D eigenvalue weighted by atomic mass is 35.5. The lowest BCUT2D eigenvalue weighted by Crippen LogP contribution is -2.19. The van der Waals surface area contributed by atoms with Crippen molar-refractivity contribution >= 4 is 12.4 Å². The van der Waals surface area contributed by atoms with Crippen LogP contribution < -0.4 is 5.32 Å². The molecular formula is C6H14ClNO2. The Morgan fingerprint density at radius 3 is 1.80 bits per heavy atom. The summed E-state index contributed by atoms with van der Waals surface area (Å²) in [7, 11) is 0. The molecule has 1 aliphatic heterocycles. The quantitative estimate of drug-likeness (QED) is 0.506. The summed E-state index contributed by atoms with van der Waals surface area (Å²) >= 11 is 0. The molecule has 1 heterocycles. The molecule has 0 radical (unpaired) electrons. The predicted octanol–water partition coefficient (Wildman–Crippen LogP) is -0.772. The maximum atomic E-state index is 8.72. The van der Waals surface area contributed by atoms with Crippen molar-refractivity contribution in [1.29, 1.82) is 0 Å². The zero-order chi connectivity index (χ0) is 6.69. The Bertz CT molecular complexity index is 81.8. The fourth-order valence-corrected chi connectivity index (χ4v) is 1.21. The number of aliphatic hydroxyl groups excluding tert-OH is 2. The third-order valence-electron chi connectivity index (χ3n) is 1.95. The van der Waals surface area contributed by atoms with Crippen molar-refractivity contribution in [2.75, 3.05) is 26.3 Å². The minimum Gasteiger partial charge on any atom is -0.396 e. The van der Waals surface area contributed by atoms with Gasteiger partial charge in [0.2, 0.25) is 0 Å². The van der Waals surface area contributed by atoms with Gasteiger partial charge in [-0.1, -0.05) is 0 Å². The van der Waals surface area contributed by atoms with E-state index in [-0.39, 0.29) is 37.5 Å². The first-order valence-corrected chi connectivity index (χ1v) is 3.31. The molecule has 1 saturated heterocycles. The number of hydrogen-bond acceptors (Lipinski definition) is 3. The summed E-state index contributed by atoms with van der Waals surface area (Å²) in [4.78, 5) is 0. The molecule has 62 valence electrons. The van der Waals surface area contributed by atoms with Gasteiger partial charge in [0, 0.05) is 38.1 Å². The van der Waals surface area contributed by atoms with Crippen molar-refractivity contribution in [2.45, 2.75) is 0 Å². The van der Waals surface area contributed by atoms with Crippen LogP contribution in [-0.4, -0.2) is 36.5 Å². The molecule has 0 bridgehead atoms. The van der Waals surface area contributed by atoms with Crippen LogP contribution in [-0.2, 0) is 0 Å². The van der Waals surface area contributed by atoms with Crippen LogP contribution >= 0.6 is 12.4 Å². The molecule has 2 atom stereocenters. The van der Waals surface area contributed by atoms with Crippen LogP contribution in [0.4, 0.5) is 0 Å². The lowest BCUT2D eigenvalue weighted by atomic mass is 9.98. The van der Waals surface area contributed by atoms with Gasteiger partial charge in [-0.3, -0.25) is 0 Å². The van der Waals surface area contributed by atoms with E-state index in [2.05, 4.69) is 5.32 Å². The number of rotatable bonds is 2. The maximum Gasteiger partial charge on any atom is 0.0475 e. The topological polar surface area (TPSA) is 52.5 Å². The van der Waals surface area contributed by atoms with E-state index < -0.39 is 0 Å². The Hall–Kier alpha value is 0.170. The van der Waals surface area contributed by atoms with Crippen molar-refractivity contribution in [3.63, 3.8) is 0 Å². The van der Waals surface area contributed by atoms with Gasteiger partial charge < -0.3 is 15.5 Å². The molecule has 0 aromatic rings. The number of hydrogen-bond donors (Lipinski definition) is 3. The molecule has 3 nitrogen and oxygen atoms in total. The molecule has 1 fully saturated rings. The molecule has 4 heteroatoms. The van der Waals surface area contributed by atoms with Gasteiger partial charge in [-0.05, 0) is 0 Å². The van der Waals surface area contributed by atoms with Gasteiger partial charge >= 0.3 is 0 Å². The normalized spacial score (nSPS) is 31.8. The number of aliphatic hydroxyl groups is 2. The summed E-state index contributed by atoms with van der Waals surface area (Å²) in [6.45, 7) is 2.08. The smallest absolute Gasteiger partial charge is 0.0475 e. The Labute approximate surface area is 66.8 Å². The molecule has 0 saturated carbocycles.